The molecular formula is C16H11F2NO2. The van der Waals surface area contributed by atoms with Crippen molar-refractivity contribution in [1.82, 2.24) is 4.98 Å². The Morgan fingerprint density at radius 2 is 1.71 bits per heavy atom. The highest BCUT2D eigenvalue weighted by Crippen LogP contribution is 2.28. The third kappa shape index (κ3) is 2.83. The zero-order chi connectivity index (χ0) is 14.8. The van der Waals surface area contributed by atoms with Crippen molar-refractivity contribution >= 4 is 10.9 Å². The number of hydrogen-bond acceptors (Lipinski definition) is 3. The maximum Gasteiger partial charge on any atom is 0.225 e. The minimum atomic E-state index is -0.740. The Morgan fingerprint density at radius 3 is 2.43 bits per heavy atom. The van der Waals surface area contributed by atoms with E-state index >= 15 is 0 Å². The first-order chi connectivity index (χ1) is 10.2. The van der Waals surface area contributed by atoms with Crippen molar-refractivity contribution in [3.63, 3.8) is 0 Å². The number of pyridine rings is 1. The average molecular weight is 287 g/mol. The lowest BCUT2D eigenvalue weighted by atomic mass is 10.1. The van der Waals surface area contributed by atoms with Crippen LogP contribution in [0.25, 0.3) is 10.9 Å². The second-order valence-electron chi connectivity index (χ2n) is 4.51. The van der Waals surface area contributed by atoms with Crippen LogP contribution in [0.4, 0.5) is 8.78 Å². The number of aromatic nitrogens is 1. The van der Waals surface area contributed by atoms with Crippen molar-refractivity contribution < 1.29 is 18.6 Å². The van der Waals surface area contributed by atoms with E-state index in [0.29, 0.717) is 11.1 Å². The van der Waals surface area contributed by atoms with Crippen molar-refractivity contribution in [2.45, 2.75) is 6.61 Å². The summed E-state index contributed by atoms with van der Waals surface area (Å²) in [5, 5.41) is 10.2. The van der Waals surface area contributed by atoms with Gasteiger partial charge in [0.1, 0.15) is 17.4 Å². The molecule has 0 aliphatic carbocycles. The Balaban J connectivity index is 2.06. The van der Waals surface area contributed by atoms with Crippen molar-refractivity contribution in [1.29, 1.82) is 0 Å². The molecule has 106 valence electrons. The molecule has 0 bridgehead atoms. The molecule has 1 N–H and O–H groups in total. The Morgan fingerprint density at radius 1 is 1.00 bits per heavy atom. The SMILES string of the molecule is OCc1cc2ccccc2nc1Oc1cc(F)cc(F)c1. The third-order valence-electron chi connectivity index (χ3n) is 2.98. The minimum absolute atomic E-state index is 0.00928. The summed E-state index contributed by atoms with van der Waals surface area (Å²) in [4.78, 5) is 4.27. The van der Waals surface area contributed by atoms with E-state index in [9.17, 15) is 13.9 Å². The summed E-state index contributed by atoms with van der Waals surface area (Å²) in [5.41, 5.74) is 1.11. The Kier molecular flexibility index (Phi) is 3.50. The lowest BCUT2D eigenvalue weighted by molar-refractivity contribution is 0.275. The summed E-state index contributed by atoms with van der Waals surface area (Å²) in [5.74, 6) is -1.36. The monoisotopic (exact) mass is 287 g/mol. The molecule has 0 aliphatic rings. The Hall–Kier alpha value is -2.53. The molecule has 0 atom stereocenters. The van der Waals surface area contributed by atoms with Gasteiger partial charge in [-0.2, -0.15) is 0 Å². The molecule has 0 amide bonds. The van der Waals surface area contributed by atoms with Crippen LogP contribution in [0.15, 0.2) is 48.5 Å². The first-order valence-electron chi connectivity index (χ1n) is 6.29. The topological polar surface area (TPSA) is 42.4 Å². The smallest absolute Gasteiger partial charge is 0.225 e. The molecule has 1 aromatic heterocycles. The van der Waals surface area contributed by atoms with Gasteiger partial charge >= 0.3 is 0 Å². The van der Waals surface area contributed by atoms with Crippen LogP contribution in [0.5, 0.6) is 11.6 Å². The number of aliphatic hydroxyl groups is 1. The number of rotatable bonds is 3. The van der Waals surface area contributed by atoms with E-state index in [1.54, 1.807) is 12.1 Å². The van der Waals surface area contributed by atoms with Gasteiger partial charge in [-0.3, -0.25) is 0 Å². The molecule has 0 unspecified atom stereocenters. The van der Waals surface area contributed by atoms with Gasteiger partial charge in [-0.25, -0.2) is 13.8 Å². The highest BCUT2D eigenvalue weighted by Gasteiger charge is 2.10. The molecule has 2 aromatic carbocycles. The second-order valence-corrected chi connectivity index (χ2v) is 4.51. The Labute approximate surface area is 119 Å². The van der Waals surface area contributed by atoms with E-state index in [4.69, 9.17) is 4.74 Å². The molecule has 5 heteroatoms. The fourth-order valence-corrected chi connectivity index (χ4v) is 2.04. The first kappa shape index (κ1) is 13.5. The molecule has 3 rings (SSSR count). The van der Waals surface area contributed by atoms with Gasteiger partial charge in [0.2, 0.25) is 5.88 Å². The molecule has 3 nitrogen and oxygen atoms in total. The van der Waals surface area contributed by atoms with Gasteiger partial charge in [0.15, 0.2) is 0 Å². The number of nitrogens with zero attached hydrogens (tertiary/aromatic N) is 1. The number of ether oxygens (including phenoxy) is 1. The van der Waals surface area contributed by atoms with Crippen LogP contribution in [0, 0.1) is 11.6 Å². The number of hydrogen-bond donors (Lipinski definition) is 1. The lowest BCUT2D eigenvalue weighted by Crippen LogP contribution is -1.96. The molecule has 0 aliphatic heterocycles. The molecule has 1 heterocycles. The number of para-hydroxylation sites is 1. The standard InChI is InChI=1S/C16H11F2NO2/c17-12-6-13(18)8-14(7-12)21-16-11(9-20)5-10-3-1-2-4-15(10)19-16/h1-8,20H,9H2. The summed E-state index contributed by atoms with van der Waals surface area (Å²) in [6.45, 7) is -0.287. The van der Waals surface area contributed by atoms with Crippen LogP contribution < -0.4 is 4.74 Å². The summed E-state index contributed by atoms with van der Waals surface area (Å²) < 4.78 is 31.8. The van der Waals surface area contributed by atoms with Gasteiger partial charge in [-0.1, -0.05) is 18.2 Å². The molecule has 0 saturated carbocycles. The molecule has 0 saturated heterocycles. The van der Waals surface area contributed by atoms with Gasteiger partial charge < -0.3 is 9.84 Å². The van der Waals surface area contributed by atoms with Crippen molar-refractivity contribution in [2.75, 3.05) is 0 Å². The lowest BCUT2D eigenvalue weighted by Gasteiger charge is -2.10. The molecule has 21 heavy (non-hydrogen) atoms. The van der Waals surface area contributed by atoms with Gasteiger partial charge in [0, 0.05) is 29.1 Å². The van der Waals surface area contributed by atoms with Crippen LogP contribution >= 0.6 is 0 Å². The predicted molar refractivity (Wildman–Crippen MR) is 74.1 cm³/mol. The van der Waals surface area contributed by atoms with Crippen LogP contribution in [0.3, 0.4) is 0 Å². The van der Waals surface area contributed by atoms with Gasteiger partial charge in [-0.05, 0) is 12.1 Å². The van der Waals surface area contributed by atoms with Crippen molar-refractivity contribution in [3.05, 3.63) is 65.7 Å². The van der Waals surface area contributed by atoms with Gasteiger partial charge in [0.25, 0.3) is 0 Å². The summed E-state index contributed by atoms with van der Waals surface area (Å²) in [6, 6.07) is 11.9. The Bertz CT molecular complexity index is 785. The highest BCUT2D eigenvalue weighted by atomic mass is 19.1. The van der Waals surface area contributed by atoms with E-state index in [1.807, 2.05) is 18.2 Å². The van der Waals surface area contributed by atoms with E-state index in [1.165, 1.54) is 0 Å². The zero-order valence-corrected chi connectivity index (χ0v) is 10.9. The molecule has 0 spiro atoms. The number of benzene rings is 2. The molecule has 0 radical (unpaired) electrons. The predicted octanol–water partition coefficient (Wildman–Crippen LogP) is 3.80. The number of halogens is 2. The van der Waals surface area contributed by atoms with Crippen molar-refractivity contribution in [2.24, 2.45) is 0 Å². The zero-order valence-electron chi connectivity index (χ0n) is 10.9. The van der Waals surface area contributed by atoms with Gasteiger partial charge in [0.05, 0.1) is 12.1 Å². The van der Waals surface area contributed by atoms with E-state index in [0.717, 1.165) is 23.6 Å². The minimum Gasteiger partial charge on any atom is -0.438 e. The van der Waals surface area contributed by atoms with Crippen LogP contribution in [-0.2, 0) is 6.61 Å². The van der Waals surface area contributed by atoms with E-state index in [2.05, 4.69) is 4.98 Å². The normalized spacial score (nSPS) is 10.8. The molecule has 3 aromatic rings. The number of aliphatic hydroxyl groups excluding tert-OH is 1. The quantitative estimate of drug-likeness (QED) is 0.796. The molecular weight excluding hydrogens is 276 g/mol. The maximum atomic E-state index is 13.2. The number of fused-ring (bicyclic) bond motifs is 1. The van der Waals surface area contributed by atoms with Crippen molar-refractivity contribution in [3.8, 4) is 11.6 Å². The van der Waals surface area contributed by atoms with Crippen LogP contribution in [0.1, 0.15) is 5.56 Å². The average Bonchev–Trinajstić information content (AvgIpc) is 2.45. The largest absolute Gasteiger partial charge is 0.438 e. The second kappa shape index (κ2) is 5.46. The summed E-state index contributed by atoms with van der Waals surface area (Å²) >= 11 is 0. The fraction of sp³-hybridized carbons (Fsp3) is 0.0625. The summed E-state index contributed by atoms with van der Waals surface area (Å²) in [6.07, 6.45) is 0. The van der Waals surface area contributed by atoms with Gasteiger partial charge in [-0.15, -0.1) is 0 Å². The van der Waals surface area contributed by atoms with E-state index < -0.39 is 11.6 Å². The van der Waals surface area contributed by atoms with E-state index in [-0.39, 0.29) is 18.2 Å². The fourth-order valence-electron chi connectivity index (χ4n) is 2.04. The van der Waals surface area contributed by atoms with Crippen LogP contribution in [0.2, 0.25) is 0 Å². The molecule has 0 fully saturated rings. The third-order valence-corrected chi connectivity index (χ3v) is 2.98. The highest BCUT2D eigenvalue weighted by molar-refractivity contribution is 5.80. The first-order valence-corrected chi connectivity index (χ1v) is 6.29. The maximum absolute atomic E-state index is 13.2. The summed E-state index contributed by atoms with van der Waals surface area (Å²) in [7, 11) is 0. The van der Waals surface area contributed by atoms with Crippen LogP contribution in [-0.4, -0.2) is 10.1 Å².